The van der Waals surface area contributed by atoms with E-state index in [2.05, 4.69) is 31.8 Å². The Hall–Kier alpha value is -1.88. The highest BCUT2D eigenvalue weighted by atomic mass is 32.1. The lowest BCUT2D eigenvalue weighted by Gasteiger charge is -2.45. The third kappa shape index (κ3) is 2.93. The average molecular weight is 344 g/mol. The largest absolute Gasteiger partial charge is 0.494 e. The molecule has 1 aliphatic rings. The van der Waals surface area contributed by atoms with Gasteiger partial charge in [-0.2, -0.15) is 0 Å². The molecule has 1 aromatic heterocycles. The minimum Gasteiger partial charge on any atom is -0.494 e. The Morgan fingerprint density at radius 2 is 2.21 bits per heavy atom. The van der Waals surface area contributed by atoms with Gasteiger partial charge in [0.25, 0.3) is 5.91 Å². The van der Waals surface area contributed by atoms with Crippen molar-refractivity contribution in [1.82, 2.24) is 4.98 Å². The van der Waals surface area contributed by atoms with Gasteiger partial charge in [0, 0.05) is 16.6 Å². The lowest BCUT2D eigenvalue weighted by Crippen LogP contribution is -2.51. The van der Waals surface area contributed by atoms with E-state index in [9.17, 15) is 4.79 Å². The maximum Gasteiger partial charge on any atom is 0.278 e. The fourth-order valence-corrected chi connectivity index (χ4v) is 4.21. The molecule has 0 fully saturated rings. The average Bonchev–Trinajstić information content (AvgIpc) is 2.94. The SMILES string of the molecule is CCOc1ccc2c(c1)C(C)CC(C)(C)N2C(=O)c1csc(C)n1. The van der Waals surface area contributed by atoms with Crippen molar-refractivity contribution in [3.8, 4) is 5.75 Å². The van der Waals surface area contributed by atoms with Gasteiger partial charge in [-0.1, -0.05) is 6.92 Å². The molecule has 1 aliphatic heterocycles. The van der Waals surface area contributed by atoms with E-state index < -0.39 is 0 Å². The van der Waals surface area contributed by atoms with Crippen LogP contribution in [0.2, 0.25) is 0 Å². The summed E-state index contributed by atoms with van der Waals surface area (Å²) in [5.41, 5.74) is 2.41. The molecule has 1 unspecified atom stereocenters. The molecule has 24 heavy (non-hydrogen) atoms. The number of nitrogens with zero attached hydrogens (tertiary/aromatic N) is 2. The van der Waals surface area contributed by atoms with Crippen molar-refractivity contribution in [2.75, 3.05) is 11.5 Å². The number of ether oxygens (including phenoxy) is 1. The smallest absolute Gasteiger partial charge is 0.278 e. The van der Waals surface area contributed by atoms with E-state index in [1.165, 1.54) is 16.9 Å². The number of carbonyl (C=O) groups excluding carboxylic acids is 1. The monoisotopic (exact) mass is 344 g/mol. The number of aromatic nitrogens is 1. The van der Waals surface area contributed by atoms with Gasteiger partial charge in [0.1, 0.15) is 11.4 Å². The van der Waals surface area contributed by atoms with E-state index in [-0.39, 0.29) is 11.4 Å². The molecule has 128 valence electrons. The van der Waals surface area contributed by atoms with E-state index in [0.717, 1.165) is 22.9 Å². The Morgan fingerprint density at radius 1 is 1.46 bits per heavy atom. The number of hydrogen-bond donors (Lipinski definition) is 0. The molecule has 1 atom stereocenters. The summed E-state index contributed by atoms with van der Waals surface area (Å²) in [5.74, 6) is 1.21. The summed E-state index contributed by atoms with van der Waals surface area (Å²) in [4.78, 5) is 19.4. The zero-order valence-electron chi connectivity index (χ0n) is 14.9. The van der Waals surface area contributed by atoms with Crippen LogP contribution in [0.3, 0.4) is 0 Å². The van der Waals surface area contributed by atoms with E-state index in [0.29, 0.717) is 18.2 Å². The van der Waals surface area contributed by atoms with Crippen LogP contribution in [0.1, 0.15) is 61.1 Å². The van der Waals surface area contributed by atoms with Crippen LogP contribution < -0.4 is 9.64 Å². The second kappa shape index (κ2) is 6.20. The van der Waals surface area contributed by atoms with Gasteiger partial charge >= 0.3 is 0 Å². The van der Waals surface area contributed by atoms with Crippen molar-refractivity contribution in [2.24, 2.45) is 0 Å². The van der Waals surface area contributed by atoms with Crippen LogP contribution in [0.25, 0.3) is 0 Å². The number of aryl methyl sites for hydroxylation is 1. The summed E-state index contributed by atoms with van der Waals surface area (Å²) in [6, 6.07) is 6.03. The number of benzene rings is 1. The van der Waals surface area contributed by atoms with Gasteiger partial charge in [-0.15, -0.1) is 11.3 Å². The van der Waals surface area contributed by atoms with Gasteiger partial charge in [-0.3, -0.25) is 4.79 Å². The lowest BCUT2D eigenvalue weighted by molar-refractivity contribution is 0.0949. The molecule has 5 heteroatoms. The fourth-order valence-electron chi connectivity index (χ4n) is 3.62. The van der Waals surface area contributed by atoms with Crippen molar-refractivity contribution < 1.29 is 9.53 Å². The van der Waals surface area contributed by atoms with Crippen LogP contribution in [0.5, 0.6) is 5.75 Å². The van der Waals surface area contributed by atoms with Crippen LogP contribution in [0.4, 0.5) is 5.69 Å². The molecule has 0 radical (unpaired) electrons. The predicted molar refractivity (Wildman–Crippen MR) is 98.4 cm³/mol. The molecule has 0 saturated carbocycles. The summed E-state index contributed by atoms with van der Waals surface area (Å²) in [6.07, 6.45) is 0.907. The van der Waals surface area contributed by atoms with Gasteiger partial charge in [0.05, 0.1) is 11.6 Å². The minimum atomic E-state index is -0.256. The molecule has 3 rings (SSSR count). The van der Waals surface area contributed by atoms with Gasteiger partial charge < -0.3 is 9.64 Å². The molecule has 0 bridgehead atoms. The molecule has 0 saturated heterocycles. The number of fused-ring (bicyclic) bond motifs is 1. The van der Waals surface area contributed by atoms with Crippen molar-refractivity contribution >= 4 is 22.9 Å². The van der Waals surface area contributed by atoms with Crippen LogP contribution in [-0.4, -0.2) is 23.0 Å². The molecule has 4 nitrogen and oxygen atoms in total. The number of rotatable bonds is 3. The predicted octanol–water partition coefficient (Wildman–Crippen LogP) is 4.78. The Labute approximate surface area is 147 Å². The fraction of sp³-hybridized carbons (Fsp3) is 0.474. The number of hydrogen-bond acceptors (Lipinski definition) is 4. The first kappa shape index (κ1) is 17.0. The van der Waals surface area contributed by atoms with E-state index in [4.69, 9.17) is 4.74 Å². The molecule has 1 amide bonds. The van der Waals surface area contributed by atoms with Crippen LogP contribution in [0.15, 0.2) is 23.6 Å². The first-order valence-electron chi connectivity index (χ1n) is 8.37. The zero-order chi connectivity index (χ0) is 17.5. The quantitative estimate of drug-likeness (QED) is 0.804. The Balaban J connectivity index is 2.08. The minimum absolute atomic E-state index is 0.0262. The van der Waals surface area contributed by atoms with E-state index in [1.54, 1.807) is 0 Å². The van der Waals surface area contributed by atoms with Crippen LogP contribution in [-0.2, 0) is 0 Å². The van der Waals surface area contributed by atoms with Crippen LogP contribution in [0, 0.1) is 6.92 Å². The van der Waals surface area contributed by atoms with Crippen molar-refractivity contribution in [3.63, 3.8) is 0 Å². The normalized spacial score (nSPS) is 19.0. The molecule has 0 aliphatic carbocycles. The molecule has 2 heterocycles. The number of amides is 1. The standard InChI is InChI=1S/C19H24N2O2S/c1-6-23-14-7-8-17-15(9-14)12(2)10-19(4,5)21(17)18(22)16-11-24-13(3)20-16/h7-9,11-12H,6,10H2,1-5H3. The van der Waals surface area contributed by atoms with Gasteiger partial charge in [0.2, 0.25) is 0 Å². The molecule has 1 aromatic carbocycles. The van der Waals surface area contributed by atoms with Gasteiger partial charge in [-0.05, 0) is 63.8 Å². The van der Waals surface area contributed by atoms with Gasteiger partial charge in [0.15, 0.2) is 0 Å². The summed E-state index contributed by atoms with van der Waals surface area (Å²) >= 11 is 1.51. The zero-order valence-corrected chi connectivity index (χ0v) is 15.7. The Bertz CT molecular complexity index is 766. The molecule has 0 spiro atoms. The topological polar surface area (TPSA) is 42.4 Å². The second-order valence-corrected chi connectivity index (χ2v) is 8.03. The number of anilines is 1. The summed E-state index contributed by atoms with van der Waals surface area (Å²) in [5, 5.41) is 2.76. The first-order chi connectivity index (χ1) is 11.3. The summed E-state index contributed by atoms with van der Waals surface area (Å²) in [6.45, 7) is 11.0. The third-order valence-corrected chi connectivity index (χ3v) is 5.31. The first-order valence-corrected chi connectivity index (χ1v) is 9.25. The Morgan fingerprint density at radius 3 is 2.83 bits per heavy atom. The van der Waals surface area contributed by atoms with Crippen molar-refractivity contribution in [1.29, 1.82) is 0 Å². The van der Waals surface area contributed by atoms with E-state index >= 15 is 0 Å². The van der Waals surface area contributed by atoms with Crippen LogP contribution >= 0.6 is 11.3 Å². The molecule has 0 N–H and O–H groups in total. The second-order valence-electron chi connectivity index (χ2n) is 6.96. The summed E-state index contributed by atoms with van der Waals surface area (Å²) in [7, 11) is 0. The lowest BCUT2D eigenvalue weighted by atomic mass is 9.80. The highest BCUT2D eigenvalue weighted by Gasteiger charge is 2.41. The van der Waals surface area contributed by atoms with E-state index in [1.807, 2.05) is 36.3 Å². The number of thiazole rings is 1. The number of carbonyl (C=O) groups is 1. The highest BCUT2D eigenvalue weighted by molar-refractivity contribution is 7.09. The van der Waals surface area contributed by atoms with Gasteiger partial charge in [-0.25, -0.2) is 4.98 Å². The highest BCUT2D eigenvalue weighted by Crippen LogP contribution is 2.45. The summed E-state index contributed by atoms with van der Waals surface area (Å²) < 4.78 is 5.64. The maximum absolute atomic E-state index is 13.1. The van der Waals surface area contributed by atoms with Crippen molar-refractivity contribution in [2.45, 2.75) is 52.5 Å². The third-order valence-electron chi connectivity index (χ3n) is 4.53. The molecular formula is C19H24N2O2S. The van der Waals surface area contributed by atoms with Crippen molar-refractivity contribution in [3.05, 3.63) is 39.8 Å². The molecular weight excluding hydrogens is 320 g/mol. The Kier molecular flexibility index (Phi) is 4.38. The maximum atomic E-state index is 13.1. The molecule has 2 aromatic rings.